The second-order valence-electron chi connectivity index (χ2n) is 5.40. The van der Waals surface area contributed by atoms with E-state index in [9.17, 15) is 14.4 Å². The monoisotopic (exact) mass is 287 g/mol. The van der Waals surface area contributed by atoms with Gasteiger partial charge in [-0.25, -0.2) is 9.59 Å². The number of hydrogen-bond acceptors (Lipinski definition) is 3. The molecular weight excluding hydrogens is 262 g/mol. The van der Waals surface area contributed by atoms with Gasteiger partial charge in [0.05, 0.1) is 0 Å². The highest BCUT2D eigenvalue weighted by atomic mass is 16.4. The molecule has 0 heterocycles. The number of hydrogen-bond donors (Lipinski definition) is 4. The molecule has 7 heteroatoms. The Morgan fingerprint density at radius 2 is 1.70 bits per heavy atom. The Bertz CT molecular complexity index is 358. The number of rotatable bonds is 8. The van der Waals surface area contributed by atoms with E-state index in [0.717, 1.165) is 0 Å². The number of urea groups is 1. The summed E-state index contributed by atoms with van der Waals surface area (Å²) < 4.78 is 0. The third kappa shape index (κ3) is 6.40. The van der Waals surface area contributed by atoms with E-state index in [2.05, 4.69) is 10.6 Å². The Hall–Kier alpha value is -1.79. The SMILES string of the molecule is CCC(C)C(NC(N)=O)C(=O)N[C@H](CC(C)C)C(=O)O. The Morgan fingerprint density at radius 1 is 1.15 bits per heavy atom. The number of carbonyl (C=O) groups is 3. The zero-order valence-corrected chi connectivity index (χ0v) is 12.5. The molecule has 0 aliphatic heterocycles. The number of aliphatic carboxylic acids is 1. The minimum absolute atomic E-state index is 0.127. The van der Waals surface area contributed by atoms with Crippen molar-refractivity contribution in [1.82, 2.24) is 10.6 Å². The third-order valence-electron chi connectivity index (χ3n) is 3.11. The van der Waals surface area contributed by atoms with Crippen LogP contribution < -0.4 is 16.4 Å². The molecule has 0 spiro atoms. The normalized spacial score (nSPS) is 15.2. The molecule has 2 unspecified atom stereocenters. The summed E-state index contributed by atoms with van der Waals surface area (Å²) in [6.45, 7) is 7.40. The molecule has 0 rings (SSSR count). The van der Waals surface area contributed by atoms with E-state index >= 15 is 0 Å². The predicted octanol–water partition coefficient (Wildman–Crippen LogP) is 0.685. The van der Waals surface area contributed by atoms with Gasteiger partial charge in [-0.05, 0) is 18.3 Å². The first-order valence-electron chi connectivity index (χ1n) is 6.78. The summed E-state index contributed by atoms with van der Waals surface area (Å²) in [6, 6.07) is -2.60. The van der Waals surface area contributed by atoms with Gasteiger partial charge in [0.25, 0.3) is 0 Å². The van der Waals surface area contributed by atoms with Crippen molar-refractivity contribution in [1.29, 1.82) is 0 Å². The number of nitrogens with one attached hydrogen (secondary N) is 2. The highest BCUT2D eigenvalue weighted by molar-refractivity contribution is 5.89. The molecule has 5 N–H and O–H groups in total. The van der Waals surface area contributed by atoms with E-state index in [0.29, 0.717) is 12.8 Å². The average molecular weight is 287 g/mol. The van der Waals surface area contributed by atoms with Crippen LogP contribution in [0.3, 0.4) is 0 Å². The summed E-state index contributed by atoms with van der Waals surface area (Å²) >= 11 is 0. The second kappa shape index (κ2) is 8.39. The fraction of sp³-hybridized carbons (Fsp3) is 0.769. The Morgan fingerprint density at radius 3 is 2.05 bits per heavy atom. The fourth-order valence-electron chi connectivity index (χ4n) is 1.81. The number of carboxylic acids is 1. The summed E-state index contributed by atoms with van der Waals surface area (Å²) in [6.07, 6.45) is 0.977. The first kappa shape index (κ1) is 18.2. The lowest BCUT2D eigenvalue weighted by Gasteiger charge is -2.25. The summed E-state index contributed by atoms with van der Waals surface area (Å²) in [4.78, 5) is 34.2. The molecule has 3 amide bonds. The zero-order valence-electron chi connectivity index (χ0n) is 12.5. The standard InChI is InChI=1S/C13H25N3O4/c1-5-8(4)10(16-13(14)20)11(17)15-9(12(18)19)6-7(2)3/h7-10H,5-6H2,1-4H3,(H,15,17)(H,18,19)(H3,14,16,20)/t8?,9-,10?/m1/s1. The van der Waals surface area contributed by atoms with Crippen LogP contribution in [0.4, 0.5) is 4.79 Å². The molecule has 7 nitrogen and oxygen atoms in total. The van der Waals surface area contributed by atoms with Crippen LogP contribution in [0, 0.1) is 11.8 Å². The smallest absolute Gasteiger partial charge is 0.326 e. The quantitative estimate of drug-likeness (QED) is 0.524. The van der Waals surface area contributed by atoms with Gasteiger partial charge in [0.15, 0.2) is 0 Å². The topological polar surface area (TPSA) is 122 Å². The summed E-state index contributed by atoms with van der Waals surface area (Å²) in [5.41, 5.74) is 5.05. The number of amides is 3. The lowest BCUT2D eigenvalue weighted by molar-refractivity contribution is -0.142. The van der Waals surface area contributed by atoms with Crippen molar-refractivity contribution in [3.8, 4) is 0 Å². The molecule has 0 aromatic heterocycles. The molecule has 0 aliphatic carbocycles. The average Bonchev–Trinajstić information content (AvgIpc) is 2.33. The van der Waals surface area contributed by atoms with Crippen molar-refractivity contribution in [2.75, 3.05) is 0 Å². The minimum atomic E-state index is -1.09. The van der Waals surface area contributed by atoms with Crippen molar-refractivity contribution < 1.29 is 19.5 Å². The third-order valence-corrected chi connectivity index (χ3v) is 3.11. The van der Waals surface area contributed by atoms with Crippen LogP contribution in [-0.4, -0.2) is 35.1 Å². The number of primary amides is 1. The van der Waals surface area contributed by atoms with Crippen LogP contribution in [0.1, 0.15) is 40.5 Å². The molecule has 116 valence electrons. The van der Waals surface area contributed by atoms with Crippen LogP contribution in [0.5, 0.6) is 0 Å². The number of carbonyl (C=O) groups excluding carboxylic acids is 2. The van der Waals surface area contributed by atoms with Gasteiger partial charge in [-0.3, -0.25) is 4.79 Å². The van der Waals surface area contributed by atoms with Gasteiger partial charge >= 0.3 is 12.0 Å². The van der Waals surface area contributed by atoms with Gasteiger partial charge in [-0.15, -0.1) is 0 Å². The van der Waals surface area contributed by atoms with Crippen molar-refractivity contribution >= 4 is 17.9 Å². The summed E-state index contributed by atoms with van der Waals surface area (Å²) in [5.74, 6) is -1.63. The first-order valence-corrected chi connectivity index (χ1v) is 6.78. The highest BCUT2D eigenvalue weighted by Gasteiger charge is 2.29. The van der Waals surface area contributed by atoms with Crippen LogP contribution >= 0.6 is 0 Å². The Kier molecular flexibility index (Phi) is 7.64. The maximum absolute atomic E-state index is 12.1. The van der Waals surface area contributed by atoms with Gasteiger partial charge in [0.2, 0.25) is 5.91 Å². The molecule has 3 atom stereocenters. The molecule has 0 aliphatic rings. The van der Waals surface area contributed by atoms with E-state index in [1.54, 1.807) is 6.92 Å². The van der Waals surface area contributed by atoms with E-state index in [4.69, 9.17) is 10.8 Å². The van der Waals surface area contributed by atoms with Gasteiger partial charge in [-0.2, -0.15) is 0 Å². The van der Waals surface area contributed by atoms with E-state index < -0.39 is 30.0 Å². The van der Waals surface area contributed by atoms with E-state index in [1.807, 2.05) is 20.8 Å². The van der Waals surface area contributed by atoms with Crippen LogP contribution in [0.2, 0.25) is 0 Å². The van der Waals surface area contributed by atoms with E-state index in [-0.39, 0.29) is 11.8 Å². The minimum Gasteiger partial charge on any atom is -0.480 e. The Labute approximate surface area is 119 Å². The molecule has 20 heavy (non-hydrogen) atoms. The van der Waals surface area contributed by atoms with Crippen LogP contribution in [0.15, 0.2) is 0 Å². The second-order valence-corrected chi connectivity index (χ2v) is 5.40. The summed E-state index contributed by atoms with van der Waals surface area (Å²) in [7, 11) is 0. The molecule has 0 aromatic rings. The lowest BCUT2D eigenvalue weighted by atomic mass is 9.97. The zero-order chi connectivity index (χ0) is 15.9. The van der Waals surface area contributed by atoms with E-state index in [1.165, 1.54) is 0 Å². The van der Waals surface area contributed by atoms with Crippen molar-refractivity contribution in [2.24, 2.45) is 17.6 Å². The Balaban J connectivity index is 4.86. The highest BCUT2D eigenvalue weighted by Crippen LogP contribution is 2.10. The first-order chi connectivity index (χ1) is 9.18. The van der Waals surface area contributed by atoms with Gasteiger partial charge in [0.1, 0.15) is 12.1 Å². The predicted molar refractivity (Wildman–Crippen MR) is 75.0 cm³/mol. The van der Waals surface area contributed by atoms with Crippen molar-refractivity contribution in [3.05, 3.63) is 0 Å². The largest absolute Gasteiger partial charge is 0.480 e. The molecule has 0 saturated carbocycles. The molecule has 0 fully saturated rings. The summed E-state index contributed by atoms with van der Waals surface area (Å²) in [5, 5.41) is 13.9. The number of carboxylic acid groups (broad SMARTS) is 1. The molecule has 0 bridgehead atoms. The van der Waals surface area contributed by atoms with Crippen LogP contribution in [0.25, 0.3) is 0 Å². The van der Waals surface area contributed by atoms with Crippen molar-refractivity contribution in [2.45, 2.75) is 52.6 Å². The lowest BCUT2D eigenvalue weighted by Crippen LogP contribution is -2.55. The van der Waals surface area contributed by atoms with Gasteiger partial charge < -0.3 is 21.5 Å². The maximum Gasteiger partial charge on any atom is 0.326 e. The maximum atomic E-state index is 12.1. The fourth-order valence-corrected chi connectivity index (χ4v) is 1.81. The van der Waals surface area contributed by atoms with Crippen molar-refractivity contribution in [3.63, 3.8) is 0 Å². The van der Waals surface area contributed by atoms with Crippen LogP contribution in [-0.2, 0) is 9.59 Å². The van der Waals surface area contributed by atoms with Gasteiger partial charge in [-0.1, -0.05) is 34.1 Å². The molecule has 0 saturated heterocycles. The molecule has 0 aromatic carbocycles. The molecule has 0 radical (unpaired) electrons. The number of nitrogens with two attached hydrogens (primary N) is 1. The molecular formula is C13H25N3O4. The van der Waals surface area contributed by atoms with Gasteiger partial charge in [0, 0.05) is 0 Å².